The smallest absolute Gasteiger partial charge is 0.229 e. The average molecular weight is 867 g/mol. The van der Waals surface area contributed by atoms with E-state index >= 15 is 0 Å². The van der Waals surface area contributed by atoms with Gasteiger partial charge < -0.3 is 69.6 Å². The van der Waals surface area contributed by atoms with E-state index in [0.717, 1.165) is 64.7 Å². The van der Waals surface area contributed by atoms with E-state index in [0.29, 0.717) is 57.9 Å². The third-order valence-corrected chi connectivity index (χ3v) is 13.5. The van der Waals surface area contributed by atoms with Crippen molar-refractivity contribution in [3.05, 3.63) is 12.7 Å². The van der Waals surface area contributed by atoms with Crippen molar-refractivity contribution in [1.29, 1.82) is 0 Å². The van der Waals surface area contributed by atoms with Crippen LogP contribution in [-0.4, -0.2) is 212 Å². The molecule has 22 heteroatoms. The van der Waals surface area contributed by atoms with Crippen molar-refractivity contribution >= 4 is 45.9 Å². The highest BCUT2D eigenvalue weighted by Crippen LogP contribution is 2.37. The minimum Gasteiger partial charge on any atom is -0.387 e. The Morgan fingerprint density at radius 2 is 1.02 bits per heavy atom. The molecule has 5 fully saturated rings. The summed E-state index contributed by atoms with van der Waals surface area (Å²) in [5.41, 5.74) is 2.13. The molecule has 0 spiro atoms. The molecule has 6 N–H and O–H groups in total. The van der Waals surface area contributed by atoms with Crippen molar-refractivity contribution < 1.29 is 39.4 Å². The number of aromatic nitrogens is 8. The van der Waals surface area contributed by atoms with Crippen LogP contribution in [0.4, 0.5) is 23.5 Å². The lowest BCUT2D eigenvalue weighted by Gasteiger charge is -2.31. The van der Waals surface area contributed by atoms with Crippen LogP contribution in [0, 0.1) is 0 Å². The number of ether oxygens (including phenoxy) is 4. The third-order valence-electron chi connectivity index (χ3n) is 13.5. The molecule has 0 bridgehead atoms. The van der Waals surface area contributed by atoms with Crippen LogP contribution in [0.15, 0.2) is 12.7 Å². The molecule has 10 atom stereocenters. The highest BCUT2D eigenvalue weighted by molar-refractivity contribution is 5.85. The van der Waals surface area contributed by atoms with Gasteiger partial charge in [0, 0.05) is 64.6 Å². The molecule has 0 aromatic carbocycles. The molecule has 22 nitrogen and oxygen atoms in total. The fraction of sp³-hybridized carbons (Fsp3) is 0.750. The Hall–Kier alpha value is -4.10. The first kappa shape index (κ1) is 43.2. The maximum Gasteiger partial charge on any atom is 0.229 e. The van der Waals surface area contributed by atoms with Gasteiger partial charge in [-0.05, 0) is 66.7 Å². The molecule has 4 aliphatic heterocycles. The fourth-order valence-corrected chi connectivity index (χ4v) is 9.65. The highest BCUT2D eigenvalue weighted by atomic mass is 16.6. The van der Waals surface area contributed by atoms with Gasteiger partial charge in [0.15, 0.2) is 46.4 Å². The van der Waals surface area contributed by atoms with Crippen molar-refractivity contribution in [2.75, 3.05) is 102 Å². The van der Waals surface area contributed by atoms with Crippen LogP contribution in [0.25, 0.3) is 22.3 Å². The van der Waals surface area contributed by atoms with E-state index in [2.05, 4.69) is 58.4 Å². The minimum atomic E-state index is -1.20. The summed E-state index contributed by atoms with van der Waals surface area (Å²) in [7, 11) is 11.4. The predicted molar refractivity (Wildman–Crippen MR) is 228 cm³/mol. The van der Waals surface area contributed by atoms with E-state index in [9.17, 15) is 20.4 Å². The molecule has 4 aromatic heterocycles. The molecule has 5 aliphatic rings. The Morgan fingerprint density at radius 1 is 0.613 bits per heavy atom. The zero-order chi connectivity index (χ0) is 43.4. The number of aliphatic hydroxyl groups is 4. The van der Waals surface area contributed by atoms with Crippen molar-refractivity contribution in [1.82, 2.24) is 48.8 Å². The maximum atomic E-state index is 11.1. The standard InChI is InChI=1S/C40H62N14O8/c1-49(2)23-11-13-51(15-23)39-45-33(27-35(47-39)53(19-41-27)37-31(57)29(55)25(61-37)17-59-5)43-21-7-9-22(10-8-21)44-34-28-36(48-40(46-34)52-14-12-24(16-52)50(3)4)54(20-42-28)38-32(58)30(56)26(62-38)18-60-6/h19-26,29-32,37-38,55-58H,7-18H2,1-6H3,(H,43,45,47)(H,44,46,48)/t21?,22?,23-,24-,25-,26-,29-,30-,31-,32-,37-,38-/m1/s1. The number of hydrogen-bond acceptors (Lipinski definition) is 20. The van der Waals surface area contributed by atoms with Crippen molar-refractivity contribution in [2.24, 2.45) is 0 Å². The molecule has 0 unspecified atom stereocenters. The Labute approximate surface area is 360 Å². The Bertz CT molecular complexity index is 2020. The van der Waals surface area contributed by atoms with Crippen LogP contribution in [0.5, 0.6) is 0 Å². The van der Waals surface area contributed by atoms with Gasteiger partial charge in [-0.15, -0.1) is 0 Å². The first-order valence-electron chi connectivity index (χ1n) is 21.8. The lowest BCUT2D eigenvalue weighted by molar-refractivity contribution is -0.0580. The lowest BCUT2D eigenvalue weighted by atomic mass is 9.91. The number of hydrogen-bond donors (Lipinski definition) is 6. The predicted octanol–water partition coefficient (Wildman–Crippen LogP) is -0.387. The van der Waals surface area contributed by atoms with Crippen LogP contribution in [0.3, 0.4) is 0 Å². The van der Waals surface area contributed by atoms with E-state index < -0.39 is 49.1 Å². The minimum absolute atomic E-state index is 0.0821. The molecule has 0 radical (unpaired) electrons. The Morgan fingerprint density at radius 3 is 1.37 bits per heavy atom. The van der Waals surface area contributed by atoms with Crippen molar-refractivity contribution in [2.45, 2.75) is 112 Å². The molecule has 1 saturated carbocycles. The largest absolute Gasteiger partial charge is 0.387 e. The normalized spacial score (nSPS) is 33.0. The summed E-state index contributed by atoms with van der Waals surface area (Å²) in [6.45, 7) is 3.40. The van der Waals surface area contributed by atoms with E-state index in [4.69, 9.17) is 48.9 Å². The number of likely N-dealkylation sites (N-methyl/N-ethyl adjacent to an activating group) is 2. The van der Waals surface area contributed by atoms with Crippen molar-refractivity contribution in [3.8, 4) is 0 Å². The van der Waals surface area contributed by atoms with Gasteiger partial charge in [0.2, 0.25) is 11.9 Å². The van der Waals surface area contributed by atoms with Gasteiger partial charge in [0.25, 0.3) is 0 Å². The van der Waals surface area contributed by atoms with E-state index in [1.165, 1.54) is 14.2 Å². The Kier molecular flexibility index (Phi) is 12.4. The number of rotatable bonds is 14. The van der Waals surface area contributed by atoms with Crippen LogP contribution in [0.1, 0.15) is 51.0 Å². The van der Waals surface area contributed by atoms with Gasteiger partial charge in [-0.1, -0.05) is 0 Å². The summed E-state index contributed by atoms with van der Waals surface area (Å²) in [5.74, 6) is 2.36. The van der Waals surface area contributed by atoms with Gasteiger partial charge in [-0.25, -0.2) is 9.97 Å². The van der Waals surface area contributed by atoms with Gasteiger partial charge >= 0.3 is 0 Å². The zero-order valence-corrected chi connectivity index (χ0v) is 36.4. The van der Waals surface area contributed by atoms with E-state index in [-0.39, 0.29) is 25.3 Å². The summed E-state index contributed by atoms with van der Waals surface area (Å²) < 4.78 is 26.1. The SMILES string of the molecule is COC[C@H]1O[C@@H](n2cnc3c(NC4CCC(Nc5nc(N6CC[C@@H](N(C)C)C6)nc6c5ncn6[C@@H]5O[C@H](COC)[C@@H](O)[C@H]5O)CC4)nc(N4CC[C@@H](N(C)C)C4)nc32)[C@H](O)[C@@H]1O. The van der Waals surface area contributed by atoms with E-state index in [1.54, 1.807) is 21.8 Å². The molecule has 62 heavy (non-hydrogen) atoms. The van der Waals surface area contributed by atoms with Crippen molar-refractivity contribution in [3.63, 3.8) is 0 Å². The first-order valence-corrected chi connectivity index (χ1v) is 21.8. The second-order valence-corrected chi connectivity index (χ2v) is 17.9. The number of fused-ring (bicyclic) bond motifs is 2. The summed E-state index contributed by atoms with van der Waals surface area (Å²) in [5, 5.41) is 51.1. The average Bonchev–Trinajstić information content (AvgIpc) is 4.13. The molecule has 340 valence electrons. The van der Waals surface area contributed by atoms with Gasteiger partial charge in [-0.2, -0.15) is 19.9 Å². The fourth-order valence-electron chi connectivity index (χ4n) is 9.65. The molecule has 0 amide bonds. The van der Waals surface area contributed by atoms with Gasteiger partial charge in [0.1, 0.15) is 36.6 Å². The number of aliphatic hydroxyl groups excluding tert-OH is 4. The molecule has 4 aromatic rings. The van der Waals surface area contributed by atoms with Crippen LogP contribution >= 0.6 is 0 Å². The number of methoxy groups -OCH3 is 2. The summed E-state index contributed by atoms with van der Waals surface area (Å²) >= 11 is 0. The number of nitrogens with zero attached hydrogens (tertiary/aromatic N) is 12. The summed E-state index contributed by atoms with van der Waals surface area (Å²) in [4.78, 5) is 38.4. The Balaban J connectivity index is 0.954. The number of anilines is 4. The lowest BCUT2D eigenvalue weighted by Crippen LogP contribution is -2.34. The second-order valence-electron chi connectivity index (χ2n) is 17.9. The quantitative estimate of drug-likeness (QED) is 0.0946. The monoisotopic (exact) mass is 866 g/mol. The molecule has 1 aliphatic carbocycles. The molecule has 8 heterocycles. The van der Waals surface area contributed by atoms with Crippen LogP contribution in [0.2, 0.25) is 0 Å². The molecule has 4 saturated heterocycles. The first-order chi connectivity index (χ1) is 29.9. The van der Waals surface area contributed by atoms with Gasteiger partial charge in [-0.3, -0.25) is 9.13 Å². The van der Waals surface area contributed by atoms with Crippen LogP contribution < -0.4 is 20.4 Å². The number of nitrogens with one attached hydrogen (secondary N) is 2. The van der Waals surface area contributed by atoms with E-state index in [1.807, 2.05) is 0 Å². The van der Waals surface area contributed by atoms with Crippen LogP contribution in [-0.2, 0) is 18.9 Å². The molecule has 9 rings (SSSR count). The summed E-state index contributed by atoms with van der Waals surface area (Å²) in [6.07, 6.45) is 0.570. The highest BCUT2D eigenvalue weighted by Gasteiger charge is 2.46. The van der Waals surface area contributed by atoms with Gasteiger partial charge in [0.05, 0.1) is 25.9 Å². The summed E-state index contributed by atoms with van der Waals surface area (Å²) in [6, 6.07) is 0.884. The maximum absolute atomic E-state index is 11.1. The topological polar surface area (TPSA) is 242 Å². The third kappa shape index (κ3) is 8.14. The zero-order valence-electron chi connectivity index (χ0n) is 36.4. The molecular formula is C40H62N14O8. The number of imidazole rings is 2. The molecular weight excluding hydrogens is 805 g/mol. The second kappa shape index (κ2) is 17.8.